The van der Waals surface area contributed by atoms with E-state index in [9.17, 15) is 38.4 Å². The summed E-state index contributed by atoms with van der Waals surface area (Å²) in [6, 6.07) is 59.5. The van der Waals surface area contributed by atoms with Crippen LogP contribution in [0.15, 0.2) is 200 Å². The Morgan fingerprint density at radius 2 is 0.583 bits per heavy atom. The van der Waals surface area contributed by atoms with Gasteiger partial charge in [0.2, 0.25) is 0 Å². The molecule has 0 aliphatic carbocycles. The standard InChI is InChI=1S/C15H11NO3.2C15H11NO2.C14H9NO2/c1-19-11-8-6-10(7-9-11)16-13-5-3-2-4-12(13)14(17)15(16)18;1-10-6-2-4-8-12(10)16-13-9-5-3-7-11(13)14(17)15(16)18;1-10-6-8-11(9-7-10)16-13-5-3-2-4-12(13)14(17)15(16)18;16-13-11-8-4-5-9-12(11)15(14(13)17)10-6-2-1-3-7-10/h2-9H,1H3;2*2-9H,1H3;1-9H. The second-order valence-electron chi connectivity index (χ2n) is 16.6. The molecule has 13 heteroatoms. The maximum absolute atomic E-state index is 12.1. The van der Waals surface area contributed by atoms with Gasteiger partial charge in [0.1, 0.15) is 5.75 Å². The van der Waals surface area contributed by atoms with E-state index in [2.05, 4.69) is 0 Å². The van der Waals surface area contributed by atoms with Crippen molar-refractivity contribution in [3.63, 3.8) is 0 Å². The van der Waals surface area contributed by atoms with Crippen LogP contribution in [-0.4, -0.2) is 53.9 Å². The van der Waals surface area contributed by atoms with Crippen molar-refractivity contribution in [3.8, 4) is 5.75 Å². The number of nitrogens with zero attached hydrogens (tertiary/aromatic N) is 4. The highest BCUT2D eigenvalue weighted by molar-refractivity contribution is 6.55. The van der Waals surface area contributed by atoms with E-state index in [1.54, 1.807) is 110 Å². The van der Waals surface area contributed by atoms with E-state index >= 15 is 0 Å². The average molecular weight is 951 g/mol. The topological polar surface area (TPSA) is 159 Å². The Kier molecular flexibility index (Phi) is 13.1. The summed E-state index contributed by atoms with van der Waals surface area (Å²) in [6.07, 6.45) is 0. The molecule has 0 bridgehead atoms. The molecule has 4 aliphatic rings. The van der Waals surface area contributed by atoms with Gasteiger partial charge in [-0.15, -0.1) is 0 Å². The van der Waals surface area contributed by atoms with Gasteiger partial charge in [-0.05, 0) is 123 Å². The third kappa shape index (κ3) is 8.73. The lowest BCUT2D eigenvalue weighted by Crippen LogP contribution is -2.25. The van der Waals surface area contributed by atoms with E-state index in [0.717, 1.165) is 28.2 Å². The van der Waals surface area contributed by atoms with Crippen LogP contribution in [0.1, 0.15) is 52.6 Å². The first-order valence-corrected chi connectivity index (χ1v) is 22.6. The maximum Gasteiger partial charge on any atom is 0.304 e. The zero-order valence-corrected chi connectivity index (χ0v) is 39.0. The van der Waals surface area contributed by atoms with E-state index in [-0.39, 0.29) is 0 Å². The monoisotopic (exact) mass is 950 g/mol. The van der Waals surface area contributed by atoms with Gasteiger partial charge in [-0.1, -0.05) is 103 Å². The molecule has 0 radical (unpaired) electrons. The number of aryl methyl sites for hydroxylation is 2. The summed E-state index contributed by atoms with van der Waals surface area (Å²) >= 11 is 0. The lowest BCUT2D eigenvalue weighted by molar-refractivity contribution is -0.114. The van der Waals surface area contributed by atoms with Crippen LogP contribution in [0.2, 0.25) is 0 Å². The second-order valence-corrected chi connectivity index (χ2v) is 16.6. The molecule has 8 aromatic rings. The highest BCUT2D eigenvalue weighted by Gasteiger charge is 2.39. The SMILES string of the molecule is COc1ccc(N2C(=O)C(=O)c3ccccc32)cc1.Cc1ccc(N2C(=O)C(=O)c3ccccc32)cc1.Cc1ccccc1N1C(=O)C(=O)c2ccccc21.O=C1C(=O)N(c2ccccc2)c2ccccc21. The van der Waals surface area contributed by atoms with Gasteiger partial charge in [0.05, 0.1) is 57.8 Å². The van der Waals surface area contributed by atoms with Gasteiger partial charge in [-0.25, -0.2) is 0 Å². The summed E-state index contributed by atoms with van der Waals surface area (Å²) in [4.78, 5) is 101. The number of fused-ring (bicyclic) bond motifs is 4. The second kappa shape index (κ2) is 20.0. The predicted molar refractivity (Wildman–Crippen MR) is 273 cm³/mol. The summed E-state index contributed by atoms with van der Waals surface area (Å²) in [7, 11) is 1.58. The average Bonchev–Trinajstić information content (AvgIpc) is 4.03. The number of ether oxygens (including phenoxy) is 1. The summed E-state index contributed by atoms with van der Waals surface area (Å²) < 4.78 is 5.08. The minimum Gasteiger partial charge on any atom is -0.497 e. The number of anilines is 8. The number of benzene rings is 8. The van der Waals surface area contributed by atoms with Crippen molar-refractivity contribution in [2.75, 3.05) is 26.7 Å². The van der Waals surface area contributed by atoms with Crippen molar-refractivity contribution in [1.82, 2.24) is 0 Å². The van der Waals surface area contributed by atoms with Crippen LogP contribution >= 0.6 is 0 Å². The Labute approximate surface area is 413 Å². The summed E-state index contributed by atoms with van der Waals surface area (Å²) in [6.45, 7) is 3.91. The van der Waals surface area contributed by atoms with Crippen LogP contribution in [0.25, 0.3) is 0 Å². The van der Waals surface area contributed by atoms with E-state index in [1.807, 2.05) is 111 Å². The highest BCUT2D eigenvalue weighted by atomic mass is 16.5. The van der Waals surface area contributed by atoms with Crippen molar-refractivity contribution < 1.29 is 43.1 Å². The molecule has 72 heavy (non-hydrogen) atoms. The molecular formula is C59H42N4O9. The smallest absolute Gasteiger partial charge is 0.304 e. The van der Waals surface area contributed by atoms with Gasteiger partial charge in [-0.3, -0.25) is 58.0 Å². The van der Waals surface area contributed by atoms with Crippen molar-refractivity contribution in [2.24, 2.45) is 0 Å². The van der Waals surface area contributed by atoms with Crippen LogP contribution in [0.5, 0.6) is 5.75 Å². The summed E-state index contributed by atoms with van der Waals surface area (Å²) in [5.41, 5.74) is 9.44. The molecule has 4 heterocycles. The molecule has 0 N–H and O–H groups in total. The Bertz CT molecular complexity index is 3500. The number of amides is 4. The van der Waals surface area contributed by atoms with E-state index in [1.165, 1.54) is 19.6 Å². The quantitative estimate of drug-likeness (QED) is 0.153. The van der Waals surface area contributed by atoms with Gasteiger partial charge in [0.25, 0.3) is 23.1 Å². The molecule has 0 atom stereocenters. The number of Topliss-reactive ketones (excluding diaryl/α,β-unsaturated/α-hetero) is 4. The van der Waals surface area contributed by atoms with E-state index in [4.69, 9.17) is 4.74 Å². The highest BCUT2D eigenvalue weighted by Crippen LogP contribution is 2.39. The largest absolute Gasteiger partial charge is 0.497 e. The van der Waals surface area contributed by atoms with Crippen LogP contribution in [-0.2, 0) is 19.2 Å². The van der Waals surface area contributed by atoms with E-state index < -0.39 is 46.8 Å². The van der Waals surface area contributed by atoms with Crippen LogP contribution < -0.4 is 24.3 Å². The Morgan fingerprint density at radius 3 is 0.958 bits per heavy atom. The molecule has 8 aromatic carbocycles. The Hall–Kier alpha value is -9.88. The van der Waals surface area contributed by atoms with E-state index in [0.29, 0.717) is 56.4 Å². The number of hydrogen-bond donors (Lipinski definition) is 0. The number of carbonyl (C=O) groups excluding carboxylic acids is 8. The predicted octanol–water partition coefficient (Wildman–Crippen LogP) is 10.8. The fraction of sp³-hybridized carbons (Fsp3) is 0.0508. The molecule has 0 fully saturated rings. The first-order valence-electron chi connectivity index (χ1n) is 22.6. The van der Waals surface area contributed by atoms with Crippen LogP contribution in [0.4, 0.5) is 45.5 Å². The third-order valence-corrected chi connectivity index (χ3v) is 12.1. The number of methoxy groups -OCH3 is 1. The Balaban J connectivity index is 0.000000119. The van der Waals surface area contributed by atoms with Gasteiger partial charge in [-0.2, -0.15) is 0 Å². The van der Waals surface area contributed by atoms with Crippen LogP contribution in [0.3, 0.4) is 0 Å². The molecule has 0 aromatic heterocycles. The number of rotatable bonds is 5. The lowest BCUT2D eigenvalue weighted by Gasteiger charge is -2.18. The van der Waals surface area contributed by atoms with Crippen molar-refractivity contribution in [1.29, 1.82) is 0 Å². The third-order valence-electron chi connectivity index (χ3n) is 12.1. The normalized spacial score (nSPS) is 13.9. The van der Waals surface area contributed by atoms with Crippen molar-refractivity contribution in [2.45, 2.75) is 13.8 Å². The van der Waals surface area contributed by atoms with Crippen molar-refractivity contribution in [3.05, 3.63) is 234 Å². The molecule has 0 saturated heterocycles. The van der Waals surface area contributed by atoms with Gasteiger partial charge in [0.15, 0.2) is 0 Å². The van der Waals surface area contributed by atoms with Gasteiger partial charge >= 0.3 is 23.6 Å². The molecule has 13 nitrogen and oxygen atoms in total. The zero-order chi connectivity index (χ0) is 50.6. The summed E-state index contributed by atoms with van der Waals surface area (Å²) in [5, 5.41) is 0. The molecular weight excluding hydrogens is 909 g/mol. The Morgan fingerprint density at radius 1 is 0.292 bits per heavy atom. The fourth-order valence-corrected chi connectivity index (χ4v) is 8.57. The minimum atomic E-state index is -0.522. The maximum atomic E-state index is 12.1. The number of hydrogen-bond acceptors (Lipinski definition) is 9. The number of ketones is 4. The molecule has 4 aliphatic heterocycles. The molecule has 0 spiro atoms. The lowest BCUT2D eigenvalue weighted by atomic mass is 10.1. The van der Waals surface area contributed by atoms with Crippen LogP contribution in [0, 0.1) is 13.8 Å². The molecule has 4 amide bonds. The number of para-hydroxylation sites is 6. The zero-order valence-electron chi connectivity index (χ0n) is 39.0. The van der Waals surface area contributed by atoms with Gasteiger partial charge < -0.3 is 4.74 Å². The first kappa shape index (κ1) is 47.2. The first-order chi connectivity index (χ1) is 34.9. The minimum absolute atomic E-state index is 0.436. The molecule has 0 saturated carbocycles. The fourth-order valence-electron chi connectivity index (χ4n) is 8.57. The molecule has 12 rings (SSSR count). The molecule has 0 unspecified atom stereocenters. The van der Waals surface area contributed by atoms with Crippen molar-refractivity contribution >= 4 is 92.3 Å². The molecule has 352 valence electrons. The van der Waals surface area contributed by atoms with Gasteiger partial charge in [0, 0.05) is 17.1 Å². The summed E-state index contributed by atoms with van der Waals surface area (Å²) in [5.74, 6) is -3.06. The number of carbonyl (C=O) groups is 8.